The molecule has 8 nitrogen and oxygen atoms in total. The average Bonchev–Trinajstić information content (AvgIpc) is 2.88. The van der Waals surface area contributed by atoms with Crippen LogP contribution in [0.2, 0.25) is 5.02 Å². The van der Waals surface area contributed by atoms with Gasteiger partial charge in [0.05, 0.1) is 23.8 Å². The van der Waals surface area contributed by atoms with Gasteiger partial charge in [-0.25, -0.2) is 9.18 Å². The van der Waals surface area contributed by atoms with Crippen LogP contribution < -0.4 is 5.32 Å². The van der Waals surface area contributed by atoms with Crippen molar-refractivity contribution in [2.75, 3.05) is 20.2 Å². The van der Waals surface area contributed by atoms with Gasteiger partial charge in [-0.1, -0.05) is 16.8 Å². The molecule has 156 valence electrons. The van der Waals surface area contributed by atoms with Crippen LogP contribution in [0.5, 0.6) is 0 Å². The van der Waals surface area contributed by atoms with Gasteiger partial charge < -0.3 is 24.8 Å². The van der Waals surface area contributed by atoms with Gasteiger partial charge in [-0.2, -0.15) is 0 Å². The van der Waals surface area contributed by atoms with E-state index in [0.29, 0.717) is 16.3 Å². The number of nitrogens with one attached hydrogen (secondary N) is 2. The van der Waals surface area contributed by atoms with E-state index in [1.807, 2.05) is 0 Å². The van der Waals surface area contributed by atoms with E-state index in [2.05, 4.69) is 20.3 Å². The number of oxime groups is 1. The van der Waals surface area contributed by atoms with Crippen molar-refractivity contribution >= 4 is 29.8 Å². The minimum atomic E-state index is -1.42. The number of amides is 2. The Bertz CT molecular complexity index is 760. The number of piperidine rings is 1. The van der Waals surface area contributed by atoms with Crippen LogP contribution in [-0.2, 0) is 9.57 Å². The summed E-state index contributed by atoms with van der Waals surface area (Å²) in [4.78, 5) is 33.6. The Morgan fingerprint density at radius 2 is 2.11 bits per heavy atom. The number of aromatic nitrogens is 1. The molecule has 1 unspecified atom stereocenters. The van der Waals surface area contributed by atoms with Crippen molar-refractivity contribution in [3.8, 4) is 0 Å². The Morgan fingerprint density at radius 1 is 1.43 bits per heavy atom. The molecule has 2 rings (SSSR count). The second-order valence-corrected chi connectivity index (χ2v) is 7.96. The summed E-state index contributed by atoms with van der Waals surface area (Å²) in [6.07, 6.45) is -0.405. The van der Waals surface area contributed by atoms with Crippen molar-refractivity contribution in [1.82, 2.24) is 15.2 Å². The van der Waals surface area contributed by atoms with E-state index in [1.54, 1.807) is 27.7 Å². The molecule has 2 atom stereocenters. The monoisotopic (exact) mass is 416 g/mol. The van der Waals surface area contributed by atoms with Crippen LogP contribution in [0.3, 0.4) is 0 Å². The maximum atomic E-state index is 14.6. The van der Waals surface area contributed by atoms with Crippen LogP contribution in [0.1, 0.15) is 48.9 Å². The molecular weight excluding hydrogens is 391 g/mol. The Balaban J connectivity index is 2.04. The first kappa shape index (κ1) is 22.0. The molecule has 0 aromatic carbocycles. The number of rotatable bonds is 4. The molecule has 0 radical (unpaired) electrons. The highest BCUT2D eigenvalue weighted by atomic mass is 35.5. The second-order valence-electron chi connectivity index (χ2n) is 7.58. The van der Waals surface area contributed by atoms with Gasteiger partial charge >= 0.3 is 6.09 Å². The number of carbonyl (C=O) groups is 2. The molecule has 1 aliphatic rings. The minimum Gasteiger partial charge on any atom is -0.444 e. The Kier molecular flexibility index (Phi) is 6.92. The molecule has 0 saturated carbocycles. The molecule has 1 fully saturated rings. The number of alkyl halides is 1. The third kappa shape index (κ3) is 5.37. The van der Waals surface area contributed by atoms with Crippen LogP contribution >= 0.6 is 11.6 Å². The summed E-state index contributed by atoms with van der Waals surface area (Å²) in [5.41, 5.74) is 0.463. The molecule has 1 saturated heterocycles. The number of halogens is 2. The Morgan fingerprint density at radius 3 is 2.68 bits per heavy atom. The molecule has 28 heavy (non-hydrogen) atoms. The van der Waals surface area contributed by atoms with Gasteiger partial charge in [0, 0.05) is 17.8 Å². The van der Waals surface area contributed by atoms with Crippen molar-refractivity contribution < 1.29 is 23.6 Å². The van der Waals surface area contributed by atoms with E-state index in [-0.39, 0.29) is 25.2 Å². The van der Waals surface area contributed by atoms with Gasteiger partial charge in [-0.3, -0.25) is 4.79 Å². The fourth-order valence-electron chi connectivity index (χ4n) is 2.83. The second kappa shape index (κ2) is 8.81. The fraction of sp³-hybridized carbons (Fsp3) is 0.611. The molecule has 2 heterocycles. The van der Waals surface area contributed by atoms with E-state index in [4.69, 9.17) is 16.3 Å². The molecule has 2 N–H and O–H groups in total. The van der Waals surface area contributed by atoms with Crippen molar-refractivity contribution in [3.63, 3.8) is 0 Å². The van der Waals surface area contributed by atoms with Crippen molar-refractivity contribution in [1.29, 1.82) is 0 Å². The summed E-state index contributed by atoms with van der Waals surface area (Å²) in [6, 6.07) is -0.735. The topological polar surface area (TPSA) is 96.0 Å². The minimum absolute atomic E-state index is 0.150. The van der Waals surface area contributed by atoms with Crippen LogP contribution in [-0.4, -0.2) is 66.1 Å². The lowest BCUT2D eigenvalue weighted by Crippen LogP contribution is -2.54. The Hall–Kier alpha value is -2.29. The van der Waals surface area contributed by atoms with E-state index in [0.717, 1.165) is 0 Å². The summed E-state index contributed by atoms with van der Waals surface area (Å²) in [5.74, 6) is -0.508. The predicted molar refractivity (Wildman–Crippen MR) is 104 cm³/mol. The van der Waals surface area contributed by atoms with Crippen molar-refractivity contribution in [2.24, 2.45) is 5.16 Å². The number of hydrogen-bond acceptors (Lipinski definition) is 5. The quantitative estimate of drug-likeness (QED) is 0.582. The van der Waals surface area contributed by atoms with Crippen LogP contribution in [0.4, 0.5) is 9.18 Å². The molecule has 1 aromatic rings. The van der Waals surface area contributed by atoms with Gasteiger partial charge in [0.2, 0.25) is 0 Å². The number of H-pyrrole nitrogens is 1. The molecule has 0 aliphatic carbocycles. The predicted octanol–water partition coefficient (Wildman–Crippen LogP) is 3.03. The summed E-state index contributed by atoms with van der Waals surface area (Å²) in [7, 11) is 1.37. The molecule has 1 aromatic heterocycles. The first-order chi connectivity index (χ1) is 13.0. The van der Waals surface area contributed by atoms with Gasteiger partial charge in [-0.05, 0) is 34.1 Å². The number of likely N-dealkylation sites (tertiary alicyclic amines) is 1. The average molecular weight is 417 g/mol. The highest BCUT2D eigenvalue weighted by molar-refractivity contribution is 6.34. The summed E-state index contributed by atoms with van der Waals surface area (Å²) >= 11 is 6.18. The van der Waals surface area contributed by atoms with Crippen LogP contribution in [0.25, 0.3) is 0 Å². The molecule has 0 bridgehead atoms. The van der Waals surface area contributed by atoms with E-state index in [9.17, 15) is 14.0 Å². The first-order valence-electron chi connectivity index (χ1n) is 8.91. The van der Waals surface area contributed by atoms with Gasteiger partial charge in [0.1, 0.15) is 24.6 Å². The molecule has 10 heteroatoms. The largest absolute Gasteiger partial charge is 0.444 e. The summed E-state index contributed by atoms with van der Waals surface area (Å²) < 4.78 is 19.9. The summed E-state index contributed by atoms with van der Waals surface area (Å²) in [5, 5.41) is 6.64. The van der Waals surface area contributed by atoms with E-state index < -0.39 is 29.8 Å². The number of ether oxygens (including phenoxy) is 1. The fourth-order valence-corrected chi connectivity index (χ4v) is 3.02. The lowest BCUT2D eigenvalue weighted by molar-refractivity contribution is 0.00970. The lowest BCUT2D eigenvalue weighted by Gasteiger charge is -2.35. The molecule has 1 aliphatic heterocycles. The normalized spacial score (nSPS) is 20.3. The smallest absolute Gasteiger partial charge is 0.410 e. The van der Waals surface area contributed by atoms with Crippen molar-refractivity contribution in [3.05, 3.63) is 22.0 Å². The number of aryl methyl sites for hydroxylation is 1. The third-order valence-electron chi connectivity index (χ3n) is 4.17. The molecule has 2 amide bonds. The zero-order chi connectivity index (χ0) is 21.1. The van der Waals surface area contributed by atoms with Crippen LogP contribution in [0.15, 0.2) is 5.16 Å². The first-order valence-corrected chi connectivity index (χ1v) is 9.28. The number of hydrogen-bond donors (Lipinski definition) is 2. The van der Waals surface area contributed by atoms with Gasteiger partial charge in [0.25, 0.3) is 5.91 Å². The van der Waals surface area contributed by atoms with E-state index in [1.165, 1.54) is 18.2 Å². The summed E-state index contributed by atoms with van der Waals surface area (Å²) in [6.45, 7) is 7.09. The highest BCUT2D eigenvalue weighted by Crippen LogP contribution is 2.24. The van der Waals surface area contributed by atoms with E-state index >= 15 is 0 Å². The number of carbonyl (C=O) groups excluding carboxylic acids is 2. The highest BCUT2D eigenvalue weighted by Gasteiger charge is 2.35. The maximum absolute atomic E-state index is 14.6. The zero-order valence-electron chi connectivity index (χ0n) is 16.6. The molecular formula is C18H26ClFN4O4. The van der Waals surface area contributed by atoms with Gasteiger partial charge in [-0.15, -0.1) is 0 Å². The number of aromatic amines is 1. The standard InChI is InChI=1S/C18H26ClFN4O4/c1-10-14(19)11(8-21-27-5)15(22-10)16(25)23-13-6-7-24(9-12(13)20)17(26)28-18(2,3)4/h8,12-13,22H,6-7,9H2,1-5H3,(H,23,25)/t12-,13?/m0/s1. The lowest BCUT2D eigenvalue weighted by atomic mass is 10.0. The van der Waals surface area contributed by atoms with Gasteiger partial charge in [0.15, 0.2) is 0 Å². The SMILES string of the molecule is CON=Cc1c(C(=O)NC2CCN(C(=O)OC(C)(C)C)C[C@@H]2F)[nH]c(C)c1Cl. The maximum Gasteiger partial charge on any atom is 0.410 e. The van der Waals surface area contributed by atoms with Crippen LogP contribution in [0, 0.1) is 6.92 Å². The molecule has 0 spiro atoms. The Labute approximate surface area is 168 Å². The van der Waals surface area contributed by atoms with Crippen molar-refractivity contribution in [2.45, 2.75) is 51.9 Å². The number of nitrogens with zero attached hydrogens (tertiary/aromatic N) is 2. The third-order valence-corrected chi connectivity index (χ3v) is 4.66. The zero-order valence-corrected chi connectivity index (χ0v) is 17.4.